The summed E-state index contributed by atoms with van der Waals surface area (Å²) in [6.45, 7) is 4.17. The summed E-state index contributed by atoms with van der Waals surface area (Å²) >= 11 is 0. The molecule has 22 heavy (non-hydrogen) atoms. The molecule has 2 aliphatic rings. The molecule has 1 aromatic carbocycles. The normalized spacial score (nSPS) is 21.4. The molecule has 1 aliphatic carbocycles. The van der Waals surface area contributed by atoms with E-state index in [9.17, 15) is 9.90 Å². The van der Waals surface area contributed by atoms with E-state index >= 15 is 0 Å². The van der Waals surface area contributed by atoms with E-state index in [4.69, 9.17) is 9.72 Å². The number of Topliss-reactive ketones (excluding diaryl/α,β-unsaturated/α-hetero) is 1. The molecule has 1 aliphatic heterocycles. The maximum atomic E-state index is 12.4. The number of aromatic nitrogens is 1. The van der Waals surface area contributed by atoms with Crippen molar-refractivity contribution in [1.82, 2.24) is 4.98 Å². The Morgan fingerprint density at radius 2 is 2.00 bits per heavy atom. The molecule has 4 heteroatoms. The Bertz CT molecular complexity index is 795. The molecule has 1 unspecified atom stereocenters. The second-order valence-electron chi connectivity index (χ2n) is 6.83. The fourth-order valence-electron chi connectivity index (χ4n) is 3.34. The summed E-state index contributed by atoms with van der Waals surface area (Å²) < 4.78 is 5.53. The zero-order valence-corrected chi connectivity index (χ0v) is 12.6. The van der Waals surface area contributed by atoms with Gasteiger partial charge in [0.05, 0.1) is 11.4 Å². The van der Waals surface area contributed by atoms with Crippen LogP contribution in [-0.2, 0) is 6.42 Å². The first-order valence-electron chi connectivity index (χ1n) is 7.46. The van der Waals surface area contributed by atoms with Crippen molar-refractivity contribution in [3.8, 4) is 17.0 Å². The molecule has 0 amide bonds. The average molecular weight is 295 g/mol. The molecule has 0 radical (unpaired) electrons. The number of hydrogen-bond acceptors (Lipinski definition) is 4. The van der Waals surface area contributed by atoms with Crippen molar-refractivity contribution in [2.24, 2.45) is 5.41 Å². The lowest BCUT2D eigenvalue weighted by molar-refractivity contribution is -0.0217. The number of pyridine rings is 1. The van der Waals surface area contributed by atoms with Crippen LogP contribution in [0.2, 0.25) is 0 Å². The van der Waals surface area contributed by atoms with Crippen LogP contribution in [0.1, 0.15) is 48.2 Å². The fourth-order valence-corrected chi connectivity index (χ4v) is 3.34. The molecule has 1 atom stereocenters. The van der Waals surface area contributed by atoms with Crippen LogP contribution in [0.15, 0.2) is 30.3 Å². The maximum Gasteiger partial charge on any atom is 0.226 e. The van der Waals surface area contributed by atoms with Gasteiger partial charge in [-0.3, -0.25) is 9.78 Å². The number of aliphatic hydroxyl groups is 1. The molecular formula is C18H17NO3. The SMILES string of the molecule is CC1(C)CC(=O)c2cc3c(nc2C1)-c1ccccc1OC3O. The van der Waals surface area contributed by atoms with E-state index in [0.29, 0.717) is 23.3 Å². The van der Waals surface area contributed by atoms with Crippen molar-refractivity contribution in [3.05, 3.63) is 47.2 Å². The van der Waals surface area contributed by atoms with Crippen LogP contribution in [0, 0.1) is 5.41 Å². The molecule has 4 rings (SSSR count). The highest BCUT2D eigenvalue weighted by molar-refractivity contribution is 5.99. The molecule has 1 aromatic heterocycles. The molecule has 0 saturated carbocycles. The van der Waals surface area contributed by atoms with Crippen molar-refractivity contribution in [1.29, 1.82) is 0 Å². The number of hydrogen-bond donors (Lipinski definition) is 1. The van der Waals surface area contributed by atoms with Gasteiger partial charge in [0.2, 0.25) is 6.29 Å². The Balaban J connectivity index is 1.95. The second kappa shape index (κ2) is 4.40. The van der Waals surface area contributed by atoms with Crippen LogP contribution in [-0.4, -0.2) is 15.9 Å². The number of ketones is 1. The molecule has 0 fully saturated rings. The monoisotopic (exact) mass is 295 g/mol. The van der Waals surface area contributed by atoms with Gasteiger partial charge >= 0.3 is 0 Å². The quantitative estimate of drug-likeness (QED) is 0.810. The van der Waals surface area contributed by atoms with Crippen molar-refractivity contribution in [2.45, 2.75) is 33.0 Å². The number of carbonyl (C=O) groups is 1. The maximum absolute atomic E-state index is 12.4. The minimum Gasteiger partial charge on any atom is -0.460 e. The van der Waals surface area contributed by atoms with Crippen LogP contribution in [0.5, 0.6) is 5.75 Å². The van der Waals surface area contributed by atoms with Gasteiger partial charge in [-0.15, -0.1) is 0 Å². The van der Waals surface area contributed by atoms with Crippen LogP contribution >= 0.6 is 0 Å². The van der Waals surface area contributed by atoms with E-state index < -0.39 is 6.29 Å². The lowest BCUT2D eigenvalue weighted by Crippen LogP contribution is -2.29. The van der Waals surface area contributed by atoms with E-state index in [1.54, 1.807) is 6.07 Å². The van der Waals surface area contributed by atoms with Crippen molar-refractivity contribution < 1.29 is 14.6 Å². The third kappa shape index (κ3) is 1.95. The van der Waals surface area contributed by atoms with Gasteiger partial charge in [-0.05, 0) is 30.0 Å². The lowest BCUT2D eigenvalue weighted by Gasteiger charge is -2.32. The Kier molecular flexibility index (Phi) is 2.69. The van der Waals surface area contributed by atoms with Crippen LogP contribution in [0.3, 0.4) is 0 Å². The average Bonchev–Trinajstić information content (AvgIpc) is 2.45. The summed E-state index contributed by atoms with van der Waals surface area (Å²) in [6, 6.07) is 9.28. The van der Waals surface area contributed by atoms with E-state index in [1.807, 2.05) is 24.3 Å². The number of rotatable bonds is 0. The number of benzene rings is 1. The van der Waals surface area contributed by atoms with Crippen LogP contribution in [0.4, 0.5) is 0 Å². The molecule has 1 N–H and O–H groups in total. The van der Waals surface area contributed by atoms with Gasteiger partial charge in [0, 0.05) is 23.1 Å². The van der Waals surface area contributed by atoms with E-state index in [0.717, 1.165) is 23.4 Å². The molecule has 0 saturated heterocycles. The van der Waals surface area contributed by atoms with Crippen molar-refractivity contribution in [3.63, 3.8) is 0 Å². The number of nitrogens with zero attached hydrogens (tertiary/aromatic N) is 1. The number of aliphatic hydroxyl groups excluding tert-OH is 1. The minimum atomic E-state index is -1.08. The molecule has 4 nitrogen and oxygen atoms in total. The van der Waals surface area contributed by atoms with Crippen molar-refractivity contribution >= 4 is 5.78 Å². The summed E-state index contributed by atoms with van der Waals surface area (Å²) in [7, 11) is 0. The van der Waals surface area contributed by atoms with Gasteiger partial charge in [-0.2, -0.15) is 0 Å². The van der Waals surface area contributed by atoms with Gasteiger partial charge in [0.15, 0.2) is 5.78 Å². The van der Waals surface area contributed by atoms with Gasteiger partial charge in [-0.1, -0.05) is 26.0 Å². The predicted molar refractivity (Wildman–Crippen MR) is 81.7 cm³/mol. The summed E-state index contributed by atoms with van der Waals surface area (Å²) in [5, 5.41) is 10.2. The van der Waals surface area contributed by atoms with E-state index in [2.05, 4.69) is 13.8 Å². The second-order valence-corrected chi connectivity index (χ2v) is 6.83. The first-order valence-corrected chi connectivity index (χ1v) is 7.46. The van der Waals surface area contributed by atoms with Gasteiger partial charge in [-0.25, -0.2) is 0 Å². The largest absolute Gasteiger partial charge is 0.460 e. The highest BCUT2D eigenvalue weighted by Crippen LogP contribution is 2.43. The molecule has 112 valence electrons. The number of para-hydroxylation sites is 1. The summed E-state index contributed by atoms with van der Waals surface area (Å²) in [6.07, 6.45) is 0.194. The molecule has 2 aromatic rings. The van der Waals surface area contributed by atoms with Gasteiger partial charge in [0.25, 0.3) is 0 Å². The zero-order chi connectivity index (χ0) is 15.5. The predicted octanol–water partition coefficient (Wildman–Crippen LogP) is 3.29. The lowest BCUT2D eigenvalue weighted by atomic mass is 9.75. The standard InChI is InChI=1S/C18H17NO3/c1-18(2)8-13-11(14(20)9-18)7-12-16(19-13)10-5-3-4-6-15(10)22-17(12)21/h3-7,17,21H,8-9H2,1-2H3. The molecule has 0 bridgehead atoms. The number of carbonyl (C=O) groups excluding carboxylic acids is 1. The number of fused-ring (bicyclic) bond motifs is 4. The smallest absolute Gasteiger partial charge is 0.226 e. The van der Waals surface area contributed by atoms with Gasteiger partial charge < -0.3 is 9.84 Å². The highest BCUT2D eigenvalue weighted by Gasteiger charge is 2.35. The fraction of sp³-hybridized carbons (Fsp3) is 0.333. The topological polar surface area (TPSA) is 59.4 Å². The zero-order valence-electron chi connectivity index (χ0n) is 12.6. The Labute approximate surface area is 128 Å². The number of ether oxygens (including phenoxy) is 1. The molecule has 0 spiro atoms. The summed E-state index contributed by atoms with van der Waals surface area (Å²) in [4.78, 5) is 17.1. The first-order chi connectivity index (χ1) is 10.4. The van der Waals surface area contributed by atoms with Crippen LogP contribution in [0.25, 0.3) is 11.3 Å². The molecule has 2 heterocycles. The Morgan fingerprint density at radius 1 is 1.23 bits per heavy atom. The van der Waals surface area contributed by atoms with Crippen LogP contribution < -0.4 is 4.74 Å². The summed E-state index contributed by atoms with van der Waals surface area (Å²) in [5.41, 5.74) is 3.53. The third-order valence-electron chi connectivity index (χ3n) is 4.36. The van der Waals surface area contributed by atoms with E-state index in [-0.39, 0.29) is 11.2 Å². The highest BCUT2D eigenvalue weighted by atomic mass is 16.6. The van der Waals surface area contributed by atoms with Gasteiger partial charge in [0.1, 0.15) is 5.75 Å². The Morgan fingerprint density at radius 3 is 2.82 bits per heavy atom. The third-order valence-corrected chi connectivity index (χ3v) is 4.36. The Hall–Kier alpha value is -2.20. The minimum absolute atomic E-state index is 0.0748. The first kappa shape index (κ1) is 13.5. The van der Waals surface area contributed by atoms with Crippen molar-refractivity contribution in [2.75, 3.05) is 0 Å². The summed E-state index contributed by atoms with van der Waals surface area (Å²) in [5.74, 6) is 0.712. The van der Waals surface area contributed by atoms with E-state index in [1.165, 1.54) is 0 Å². The molecular weight excluding hydrogens is 278 g/mol.